The molecule has 0 saturated carbocycles. The molecule has 0 aliphatic carbocycles. The first-order valence-electron chi connectivity index (χ1n) is 15.4. The van der Waals surface area contributed by atoms with Crippen LogP contribution < -0.4 is 16.0 Å². The standard InChI is InChI=1S/C34H47F2N3O7/c1-33(2,3)45-31(43)38-25(20-23-19-24(35)16-17-26(23)36)21-37-29(41)15-11-10-14-28(40)30(42)27(18-22-12-8-7-9-13-22)39-32(44)46-34(4,5)6/h7-9,12-13,16-17,19,25,27,30,42H,10-11,14-15,18,20-21H2,1-6H3,(H,37,41)(H,38,43)(H,39,44). The summed E-state index contributed by atoms with van der Waals surface area (Å²) in [5.41, 5.74) is -0.718. The molecule has 0 saturated heterocycles. The molecule has 0 aromatic heterocycles. The molecule has 10 nitrogen and oxygen atoms in total. The zero-order chi connectivity index (χ0) is 34.5. The Morgan fingerprint density at radius 3 is 2.00 bits per heavy atom. The van der Waals surface area contributed by atoms with Crippen molar-refractivity contribution in [2.24, 2.45) is 0 Å². The second-order valence-electron chi connectivity index (χ2n) is 13.1. The van der Waals surface area contributed by atoms with E-state index in [1.165, 1.54) is 0 Å². The molecule has 254 valence electrons. The second kappa shape index (κ2) is 17.6. The van der Waals surface area contributed by atoms with Crippen LogP contribution in [0.5, 0.6) is 0 Å². The van der Waals surface area contributed by atoms with Gasteiger partial charge in [0.2, 0.25) is 5.91 Å². The van der Waals surface area contributed by atoms with Gasteiger partial charge in [0.1, 0.15) is 28.9 Å². The van der Waals surface area contributed by atoms with E-state index in [2.05, 4.69) is 16.0 Å². The van der Waals surface area contributed by atoms with Crippen molar-refractivity contribution in [1.82, 2.24) is 16.0 Å². The number of Topliss-reactive ketones (excluding diaryl/α,β-unsaturated/α-hetero) is 1. The summed E-state index contributed by atoms with van der Waals surface area (Å²) in [5, 5.41) is 18.7. The van der Waals surface area contributed by atoms with Crippen LogP contribution in [0.15, 0.2) is 48.5 Å². The van der Waals surface area contributed by atoms with E-state index in [9.17, 15) is 33.1 Å². The minimum Gasteiger partial charge on any atom is -0.444 e. The summed E-state index contributed by atoms with van der Waals surface area (Å²) < 4.78 is 38.6. The lowest BCUT2D eigenvalue weighted by molar-refractivity contribution is -0.129. The van der Waals surface area contributed by atoms with Crippen molar-refractivity contribution in [2.75, 3.05) is 6.54 Å². The van der Waals surface area contributed by atoms with Gasteiger partial charge >= 0.3 is 12.2 Å². The van der Waals surface area contributed by atoms with E-state index in [-0.39, 0.29) is 43.7 Å². The van der Waals surface area contributed by atoms with Crippen LogP contribution in [-0.2, 0) is 31.9 Å². The van der Waals surface area contributed by atoms with Gasteiger partial charge in [-0.2, -0.15) is 0 Å². The molecule has 3 atom stereocenters. The Morgan fingerprint density at radius 2 is 1.39 bits per heavy atom. The number of hydrogen-bond acceptors (Lipinski definition) is 7. The van der Waals surface area contributed by atoms with Gasteiger partial charge < -0.3 is 30.5 Å². The molecule has 0 aliphatic heterocycles. The quantitative estimate of drug-likeness (QED) is 0.196. The molecule has 2 aromatic carbocycles. The molecule has 0 spiro atoms. The van der Waals surface area contributed by atoms with Crippen molar-refractivity contribution >= 4 is 23.9 Å². The fourth-order valence-corrected chi connectivity index (χ4v) is 4.46. The first-order valence-corrected chi connectivity index (χ1v) is 15.4. The number of ketones is 1. The van der Waals surface area contributed by atoms with Gasteiger partial charge in [0.15, 0.2) is 5.78 Å². The maximum atomic E-state index is 14.3. The summed E-state index contributed by atoms with van der Waals surface area (Å²) in [6.45, 7) is 10.1. The number of aliphatic hydroxyl groups is 1. The van der Waals surface area contributed by atoms with Crippen LogP contribution in [0, 0.1) is 11.6 Å². The number of carbonyl (C=O) groups is 4. The number of unbranched alkanes of at least 4 members (excludes halogenated alkanes) is 1. The molecule has 12 heteroatoms. The fourth-order valence-electron chi connectivity index (χ4n) is 4.46. The Hall–Kier alpha value is -4.06. The maximum absolute atomic E-state index is 14.3. The molecule has 0 aliphatic rings. The zero-order valence-corrected chi connectivity index (χ0v) is 27.5. The maximum Gasteiger partial charge on any atom is 0.407 e. The molecule has 2 rings (SSSR count). The molecular formula is C34H47F2N3O7. The Bertz CT molecular complexity index is 1310. The van der Waals surface area contributed by atoms with E-state index in [0.29, 0.717) is 12.8 Å². The molecule has 4 N–H and O–H groups in total. The molecule has 3 unspecified atom stereocenters. The first-order chi connectivity index (χ1) is 21.4. The largest absolute Gasteiger partial charge is 0.444 e. The Balaban J connectivity index is 1.91. The third-order valence-electron chi connectivity index (χ3n) is 6.53. The highest BCUT2D eigenvalue weighted by molar-refractivity contribution is 5.84. The van der Waals surface area contributed by atoms with Crippen LogP contribution in [0.2, 0.25) is 0 Å². The number of carbonyl (C=O) groups excluding carboxylic acids is 4. The summed E-state index contributed by atoms with van der Waals surface area (Å²) in [5.74, 6) is -2.15. The van der Waals surface area contributed by atoms with Crippen molar-refractivity contribution in [3.63, 3.8) is 0 Å². The van der Waals surface area contributed by atoms with E-state index in [1.807, 2.05) is 30.3 Å². The first kappa shape index (κ1) is 38.1. The molecule has 46 heavy (non-hydrogen) atoms. The van der Waals surface area contributed by atoms with Crippen molar-refractivity contribution in [3.8, 4) is 0 Å². The Kier molecular flexibility index (Phi) is 14.6. The monoisotopic (exact) mass is 647 g/mol. The van der Waals surface area contributed by atoms with Gasteiger partial charge in [0.05, 0.1) is 12.1 Å². The minimum absolute atomic E-state index is 0.0269. The van der Waals surface area contributed by atoms with Crippen LogP contribution in [0.25, 0.3) is 0 Å². The van der Waals surface area contributed by atoms with Gasteiger partial charge in [-0.3, -0.25) is 9.59 Å². The molecular weight excluding hydrogens is 600 g/mol. The zero-order valence-electron chi connectivity index (χ0n) is 27.5. The van der Waals surface area contributed by atoms with Gasteiger partial charge in [-0.25, -0.2) is 18.4 Å². The molecule has 0 bridgehead atoms. The van der Waals surface area contributed by atoms with Gasteiger partial charge in [0, 0.05) is 19.4 Å². The van der Waals surface area contributed by atoms with Crippen molar-refractivity contribution in [1.29, 1.82) is 0 Å². The summed E-state index contributed by atoms with van der Waals surface area (Å²) in [6, 6.07) is 10.4. The smallest absolute Gasteiger partial charge is 0.407 e. The topological polar surface area (TPSA) is 143 Å². The molecule has 0 heterocycles. The summed E-state index contributed by atoms with van der Waals surface area (Å²) in [4.78, 5) is 50.2. The third kappa shape index (κ3) is 15.3. The number of benzene rings is 2. The van der Waals surface area contributed by atoms with E-state index in [4.69, 9.17) is 9.47 Å². The molecule has 2 aromatic rings. The Morgan fingerprint density at radius 1 is 0.804 bits per heavy atom. The normalized spacial score (nSPS) is 13.6. The van der Waals surface area contributed by atoms with E-state index in [1.54, 1.807) is 41.5 Å². The van der Waals surface area contributed by atoms with Gasteiger partial charge in [-0.1, -0.05) is 30.3 Å². The number of nitrogens with one attached hydrogen (secondary N) is 3. The molecule has 0 radical (unpaired) electrons. The second-order valence-corrected chi connectivity index (χ2v) is 13.1. The van der Waals surface area contributed by atoms with Crippen LogP contribution in [-0.4, -0.2) is 64.9 Å². The van der Waals surface area contributed by atoms with Crippen molar-refractivity contribution in [3.05, 3.63) is 71.3 Å². The summed E-state index contributed by atoms with van der Waals surface area (Å²) >= 11 is 0. The summed E-state index contributed by atoms with van der Waals surface area (Å²) in [7, 11) is 0. The highest BCUT2D eigenvalue weighted by Crippen LogP contribution is 2.15. The number of amides is 3. The number of aliphatic hydroxyl groups excluding tert-OH is 1. The summed E-state index contributed by atoms with van der Waals surface area (Å²) in [6.07, 6.45) is -2.30. The van der Waals surface area contributed by atoms with E-state index >= 15 is 0 Å². The number of ether oxygens (including phenoxy) is 2. The van der Waals surface area contributed by atoms with Crippen LogP contribution in [0.4, 0.5) is 18.4 Å². The van der Waals surface area contributed by atoms with E-state index < -0.39 is 59.0 Å². The lowest BCUT2D eigenvalue weighted by atomic mass is 9.96. The average Bonchev–Trinajstić information content (AvgIpc) is 2.93. The van der Waals surface area contributed by atoms with Crippen LogP contribution in [0.3, 0.4) is 0 Å². The van der Waals surface area contributed by atoms with Crippen molar-refractivity contribution < 1.29 is 42.5 Å². The average molecular weight is 648 g/mol. The fraction of sp³-hybridized carbons (Fsp3) is 0.529. The van der Waals surface area contributed by atoms with Crippen molar-refractivity contribution in [2.45, 2.75) is 109 Å². The predicted octanol–water partition coefficient (Wildman–Crippen LogP) is 5.14. The van der Waals surface area contributed by atoms with Gasteiger partial charge in [0.25, 0.3) is 0 Å². The lowest BCUT2D eigenvalue weighted by Gasteiger charge is -2.26. The third-order valence-corrected chi connectivity index (χ3v) is 6.53. The predicted molar refractivity (Wildman–Crippen MR) is 169 cm³/mol. The van der Waals surface area contributed by atoms with Gasteiger partial charge in [-0.15, -0.1) is 0 Å². The molecule has 0 fully saturated rings. The van der Waals surface area contributed by atoms with Crippen LogP contribution in [0.1, 0.15) is 78.4 Å². The lowest BCUT2D eigenvalue weighted by Crippen LogP contribution is -2.49. The molecule has 3 amide bonds. The SMILES string of the molecule is CC(C)(C)OC(=O)NC(CNC(=O)CCCCC(=O)C(O)C(Cc1ccccc1)NC(=O)OC(C)(C)C)Cc1cc(F)ccc1F. The number of hydrogen-bond donors (Lipinski definition) is 4. The number of halogens is 2. The van der Waals surface area contributed by atoms with Gasteiger partial charge in [-0.05, 0) is 96.6 Å². The number of rotatable bonds is 15. The van der Waals surface area contributed by atoms with Crippen LogP contribution >= 0.6 is 0 Å². The number of alkyl carbamates (subject to hydrolysis) is 2. The van der Waals surface area contributed by atoms with E-state index in [0.717, 1.165) is 23.8 Å². The highest BCUT2D eigenvalue weighted by Gasteiger charge is 2.29. The minimum atomic E-state index is -1.50. The Labute approximate surface area is 269 Å². The highest BCUT2D eigenvalue weighted by atomic mass is 19.1.